The Morgan fingerprint density at radius 3 is 2.42 bits per heavy atom. The lowest BCUT2D eigenvalue weighted by molar-refractivity contribution is -0.142. The summed E-state index contributed by atoms with van der Waals surface area (Å²) in [6.07, 6.45) is 2.90. The van der Waals surface area contributed by atoms with Crippen LogP contribution in [0.3, 0.4) is 0 Å². The third kappa shape index (κ3) is 4.09. The van der Waals surface area contributed by atoms with Gasteiger partial charge < -0.3 is 20.6 Å². The minimum absolute atomic E-state index is 0.0539. The van der Waals surface area contributed by atoms with Crippen LogP contribution in [0.5, 0.6) is 0 Å². The fraction of sp³-hybridized carbons (Fsp3) is 0.500. The van der Waals surface area contributed by atoms with E-state index in [0.29, 0.717) is 49.4 Å². The summed E-state index contributed by atoms with van der Waals surface area (Å²) >= 11 is 6.15. The highest BCUT2D eigenvalue weighted by Crippen LogP contribution is 2.29. The summed E-state index contributed by atoms with van der Waals surface area (Å²) in [5, 5.41) is 15.1. The zero-order valence-corrected chi connectivity index (χ0v) is 15.0. The molecule has 0 radical (unpaired) electrons. The van der Waals surface area contributed by atoms with Gasteiger partial charge in [0.1, 0.15) is 6.04 Å². The van der Waals surface area contributed by atoms with Gasteiger partial charge in [-0.15, -0.1) is 0 Å². The summed E-state index contributed by atoms with van der Waals surface area (Å²) in [6.45, 7) is 0.497. The quantitative estimate of drug-likeness (QED) is 0.748. The van der Waals surface area contributed by atoms with Crippen molar-refractivity contribution >= 4 is 35.2 Å². The maximum Gasteiger partial charge on any atom is 0.315 e. The van der Waals surface area contributed by atoms with E-state index in [1.165, 1.54) is 0 Å². The first kappa shape index (κ1) is 18.5. The van der Waals surface area contributed by atoms with Gasteiger partial charge in [0.15, 0.2) is 0 Å². The highest BCUT2D eigenvalue weighted by Gasteiger charge is 2.35. The lowest BCUT2D eigenvalue weighted by atomic mass is 9.86. The number of nitrogens with zero attached hydrogens (tertiary/aromatic N) is 1. The van der Waals surface area contributed by atoms with Gasteiger partial charge in [0.2, 0.25) is 5.91 Å². The summed E-state index contributed by atoms with van der Waals surface area (Å²) < 4.78 is 0. The predicted molar refractivity (Wildman–Crippen MR) is 97.3 cm³/mol. The average Bonchev–Trinajstić information content (AvgIpc) is 2.96. The Morgan fingerprint density at radius 1 is 1.08 bits per heavy atom. The molecule has 1 heterocycles. The van der Waals surface area contributed by atoms with E-state index in [-0.39, 0.29) is 23.9 Å². The first-order valence-corrected chi connectivity index (χ1v) is 9.19. The number of carbonyl (C=O) groups excluding carboxylic acids is 2. The second kappa shape index (κ2) is 7.95. The van der Waals surface area contributed by atoms with Crippen LogP contribution in [0.2, 0.25) is 5.02 Å². The van der Waals surface area contributed by atoms with Gasteiger partial charge in [-0.2, -0.15) is 0 Å². The smallest absolute Gasteiger partial charge is 0.315 e. The van der Waals surface area contributed by atoms with Crippen molar-refractivity contribution in [2.45, 2.75) is 44.2 Å². The molecule has 1 aliphatic carbocycles. The number of rotatable bonds is 4. The Labute approximate surface area is 156 Å². The molecule has 26 heavy (non-hydrogen) atoms. The molecule has 7 nitrogen and oxygen atoms in total. The number of carboxylic acids is 1. The molecule has 0 bridgehead atoms. The Bertz CT molecular complexity index is 703. The molecular formula is C18H22ClN3O4. The van der Waals surface area contributed by atoms with Crippen molar-refractivity contribution in [1.29, 1.82) is 0 Å². The van der Waals surface area contributed by atoms with Crippen molar-refractivity contribution in [3.05, 3.63) is 29.3 Å². The van der Waals surface area contributed by atoms with E-state index in [1.54, 1.807) is 23.1 Å². The zero-order valence-electron chi connectivity index (χ0n) is 14.3. The van der Waals surface area contributed by atoms with Gasteiger partial charge in [0.05, 0.1) is 16.6 Å². The molecule has 1 unspecified atom stereocenters. The van der Waals surface area contributed by atoms with Crippen molar-refractivity contribution in [2.75, 3.05) is 11.4 Å². The first-order valence-electron chi connectivity index (χ1n) is 8.81. The van der Waals surface area contributed by atoms with Crippen LogP contribution in [0.25, 0.3) is 0 Å². The Kier molecular flexibility index (Phi) is 5.66. The van der Waals surface area contributed by atoms with Crippen LogP contribution in [0.4, 0.5) is 10.5 Å². The fourth-order valence-corrected chi connectivity index (χ4v) is 3.83. The topological polar surface area (TPSA) is 98.7 Å². The fourth-order valence-electron chi connectivity index (χ4n) is 3.59. The molecular weight excluding hydrogens is 358 g/mol. The Morgan fingerprint density at radius 2 is 1.77 bits per heavy atom. The second-order valence-corrected chi connectivity index (χ2v) is 7.19. The van der Waals surface area contributed by atoms with E-state index < -0.39 is 12.0 Å². The molecule has 8 heteroatoms. The number of amides is 3. The maximum atomic E-state index is 12.6. The molecule has 1 atom stereocenters. The number of halogens is 1. The van der Waals surface area contributed by atoms with E-state index in [9.17, 15) is 14.4 Å². The van der Waals surface area contributed by atoms with E-state index in [1.807, 2.05) is 6.07 Å². The molecule has 3 amide bonds. The van der Waals surface area contributed by atoms with E-state index >= 15 is 0 Å². The number of benzene rings is 1. The molecule has 1 aliphatic heterocycles. The minimum atomic E-state index is -0.774. The third-order valence-electron chi connectivity index (χ3n) is 5.07. The van der Waals surface area contributed by atoms with Crippen molar-refractivity contribution in [3.63, 3.8) is 0 Å². The first-order chi connectivity index (χ1) is 12.5. The van der Waals surface area contributed by atoms with Crippen LogP contribution in [0.1, 0.15) is 32.1 Å². The number of aliphatic carboxylic acids is 1. The number of carbonyl (C=O) groups is 3. The maximum absolute atomic E-state index is 12.6. The lowest BCUT2D eigenvalue weighted by Crippen LogP contribution is -2.49. The molecule has 3 N–H and O–H groups in total. The van der Waals surface area contributed by atoms with E-state index in [4.69, 9.17) is 16.7 Å². The van der Waals surface area contributed by atoms with Crippen LogP contribution in [0, 0.1) is 5.92 Å². The van der Waals surface area contributed by atoms with Crippen LogP contribution >= 0.6 is 11.6 Å². The predicted octanol–water partition coefficient (Wildman–Crippen LogP) is 2.39. The summed E-state index contributed by atoms with van der Waals surface area (Å²) in [7, 11) is 0. The Hall–Kier alpha value is -2.28. The van der Waals surface area contributed by atoms with Gasteiger partial charge in [-0.1, -0.05) is 23.7 Å². The number of anilines is 1. The van der Waals surface area contributed by atoms with Crippen LogP contribution in [-0.4, -0.2) is 41.6 Å². The van der Waals surface area contributed by atoms with Crippen molar-refractivity contribution in [1.82, 2.24) is 10.6 Å². The zero-order chi connectivity index (χ0) is 18.7. The van der Waals surface area contributed by atoms with Crippen LogP contribution in [0.15, 0.2) is 24.3 Å². The van der Waals surface area contributed by atoms with Crippen LogP contribution < -0.4 is 15.5 Å². The van der Waals surface area contributed by atoms with Crippen molar-refractivity contribution in [3.8, 4) is 0 Å². The Balaban J connectivity index is 1.50. The molecule has 0 spiro atoms. The molecule has 3 rings (SSSR count). The van der Waals surface area contributed by atoms with Crippen molar-refractivity contribution in [2.24, 2.45) is 5.92 Å². The number of hydrogen-bond acceptors (Lipinski definition) is 3. The largest absolute Gasteiger partial charge is 0.481 e. The van der Waals surface area contributed by atoms with Gasteiger partial charge >= 0.3 is 12.0 Å². The molecule has 1 saturated heterocycles. The highest BCUT2D eigenvalue weighted by atomic mass is 35.5. The van der Waals surface area contributed by atoms with E-state index in [2.05, 4.69) is 10.6 Å². The van der Waals surface area contributed by atoms with E-state index in [0.717, 1.165) is 0 Å². The van der Waals surface area contributed by atoms with Gasteiger partial charge in [-0.25, -0.2) is 4.79 Å². The molecule has 2 fully saturated rings. The molecule has 0 aromatic heterocycles. The standard InChI is InChI=1S/C18H22ClN3O4/c19-13-3-1-2-4-15(13)22-10-9-14(16(22)23)21-18(26)20-12-7-5-11(6-8-12)17(24)25/h1-4,11-12,14H,5-10H2,(H,24,25)(H2,20,21,26). The normalized spacial score (nSPS) is 25.8. The van der Waals surface area contributed by atoms with Crippen molar-refractivity contribution < 1.29 is 19.5 Å². The molecule has 1 aromatic rings. The third-order valence-corrected chi connectivity index (χ3v) is 5.39. The average molecular weight is 380 g/mol. The van der Waals surface area contributed by atoms with Gasteiger partial charge in [-0.3, -0.25) is 9.59 Å². The number of carboxylic acid groups (broad SMARTS) is 1. The minimum Gasteiger partial charge on any atom is -0.481 e. The summed E-state index contributed by atoms with van der Waals surface area (Å²) in [6, 6.07) is 6.10. The van der Waals surface area contributed by atoms with Gasteiger partial charge in [0, 0.05) is 12.6 Å². The summed E-state index contributed by atoms with van der Waals surface area (Å²) in [5.41, 5.74) is 0.649. The van der Waals surface area contributed by atoms with Gasteiger partial charge in [-0.05, 0) is 44.2 Å². The number of nitrogens with one attached hydrogen (secondary N) is 2. The second-order valence-electron chi connectivity index (χ2n) is 6.79. The number of urea groups is 1. The monoisotopic (exact) mass is 379 g/mol. The molecule has 2 aliphatic rings. The lowest BCUT2D eigenvalue weighted by Gasteiger charge is -2.27. The molecule has 1 aromatic carbocycles. The van der Waals surface area contributed by atoms with Gasteiger partial charge in [0.25, 0.3) is 0 Å². The summed E-state index contributed by atoms with van der Waals surface area (Å²) in [4.78, 5) is 37.3. The molecule has 1 saturated carbocycles. The molecule has 140 valence electrons. The SMILES string of the molecule is O=C(NC1CCC(C(=O)O)CC1)NC1CCN(c2ccccc2Cl)C1=O. The number of para-hydroxylation sites is 1. The summed E-state index contributed by atoms with van der Waals surface area (Å²) in [5.74, 6) is -1.27. The highest BCUT2D eigenvalue weighted by molar-refractivity contribution is 6.34. The van der Waals surface area contributed by atoms with Crippen LogP contribution in [-0.2, 0) is 9.59 Å². The number of hydrogen-bond donors (Lipinski definition) is 3.